The van der Waals surface area contributed by atoms with Gasteiger partial charge in [-0.2, -0.15) is 0 Å². The molecule has 3 aromatic rings. The Morgan fingerprint density at radius 3 is 2.28 bits per heavy atom. The predicted molar refractivity (Wildman–Crippen MR) is 155 cm³/mol. The van der Waals surface area contributed by atoms with Crippen molar-refractivity contribution >= 4 is 11.9 Å². The van der Waals surface area contributed by atoms with Crippen LogP contribution in [0, 0.1) is 0 Å². The summed E-state index contributed by atoms with van der Waals surface area (Å²) in [6, 6.07) is 25.7. The van der Waals surface area contributed by atoms with Crippen molar-refractivity contribution in [2.75, 3.05) is 26.7 Å². The van der Waals surface area contributed by atoms with Gasteiger partial charge in [-0.1, -0.05) is 67.6 Å². The van der Waals surface area contributed by atoms with Crippen LogP contribution in [0.1, 0.15) is 61.4 Å². The Morgan fingerprint density at radius 1 is 0.974 bits per heavy atom. The van der Waals surface area contributed by atoms with Crippen LogP contribution in [0.2, 0.25) is 0 Å². The number of nitrogens with one attached hydrogen (secondary N) is 1. The topological polar surface area (TPSA) is 78.9 Å². The van der Waals surface area contributed by atoms with E-state index in [-0.39, 0.29) is 23.8 Å². The largest absolute Gasteiger partial charge is 0.497 e. The van der Waals surface area contributed by atoms with Gasteiger partial charge in [0.25, 0.3) is 5.91 Å². The highest BCUT2D eigenvalue weighted by Crippen LogP contribution is 2.37. The Balaban J connectivity index is 1.30. The van der Waals surface area contributed by atoms with Gasteiger partial charge < -0.3 is 20.1 Å². The monoisotopic (exact) mass is 528 g/mol. The molecule has 1 saturated heterocycles. The molecule has 2 N–H and O–H groups in total. The highest BCUT2D eigenvalue weighted by molar-refractivity contribution is 6.01. The number of piperidine rings is 1. The maximum absolute atomic E-state index is 13.3. The molecule has 0 saturated carbocycles. The first-order chi connectivity index (χ1) is 18.9. The Kier molecular flexibility index (Phi) is 9.77. The van der Waals surface area contributed by atoms with Gasteiger partial charge in [0, 0.05) is 30.1 Å². The Hall–Kier alpha value is -3.64. The summed E-state index contributed by atoms with van der Waals surface area (Å²) in [6.45, 7) is 4.88. The minimum Gasteiger partial charge on any atom is -0.497 e. The standard InChI is InChI=1S/C33H40N2O4/c1-3-33(24-31(36)37,26-10-5-4-6-11-26)20-9-21-35-22-18-27(19-23-35)34-32(38)30-13-8-7-12-29(30)25-14-16-28(39-2)17-15-25/h4-8,10-17,27H,3,9,18-24H2,1-2H3,(H,34,38)(H,36,37). The zero-order valence-corrected chi connectivity index (χ0v) is 23.1. The fourth-order valence-corrected chi connectivity index (χ4v) is 5.83. The third-order valence-electron chi connectivity index (χ3n) is 8.18. The van der Waals surface area contributed by atoms with Crippen molar-refractivity contribution in [3.8, 4) is 16.9 Å². The van der Waals surface area contributed by atoms with Crippen molar-refractivity contribution in [3.05, 3.63) is 90.0 Å². The fourth-order valence-electron chi connectivity index (χ4n) is 5.83. The van der Waals surface area contributed by atoms with E-state index in [2.05, 4.69) is 29.3 Å². The lowest BCUT2D eigenvalue weighted by molar-refractivity contribution is -0.138. The number of methoxy groups -OCH3 is 1. The molecule has 3 aromatic carbocycles. The zero-order valence-electron chi connectivity index (χ0n) is 23.1. The van der Waals surface area contributed by atoms with Gasteiger partial charge in [-0.25, -0.2) is 0 Å². The first kappa shape index (κ1) is 28.4. The van der Waals surface area contributed by atoms with Crippen LogP contribution in [0.4, 0.5) is 0 Å². The van der Waals surface area contributed by atoms with Crippen molar-refractivity contribution in [3.63, 3.8) is 0 Å². The SMILES string of the molecule is CCC(CCCN1CCC(NC(=O)c2ccccc2-c2ccc(OC)cc2)CC1)(CC(=O)O)c1ccccc1. The molecule has 1 fully saturated rings. The second-order valence-corrected chi connectivity index (χ2v) is 10.5. The smallest absolute Gasteiger partial charge is 0.304 e. The molecule has 4 rings (SSSR count). The number of carbonyl (C=O) groups is 2. The summed E-state index contributed by atoms with van der Waals surface area (Å²) in [5, 5.41) is 12.9. The maximum Gasteiger partial charge on any atom is 0.304 e. The molecule has 1 atom stereocenters. The molecule has 0 radical (unpaired) electrons. The summed E-state index contributed by atoms with van der Waals surface area (Å²) in [5.41, 5.74) is 3.36. The lowest BCUT2D eigenvalue weighted by Gasteiger charge is -2.35. The zero-order chi connectivity index (χ0) is 27.7. The van der Waals surface area contributed by atoms with Crippen LogP contribution >= 0.6 is 0 Å². The third kappa shape index (κ3) is 7.27. The minimum absolute atomic E-state index is 0.0378. The molecule has 0 aromatic heterocycles. The lowest BCUT2D eigenvalue weighted by Crippen LogP contribution is -2.45. The van der Waals surface area contributed by atoms with Gasteiger partial charge in [-0.05, 0) is 73.5 Å². The van der Waals surface area contributed by atoms with Gasteiger partial charge in [0.05, 0.1) is 13.5 Å². The molecule has 206 valence electrons. The molecule has 0 aliphatic carbocycles. The van der Waals surface area contributed by atoms with E-state index in [1.165, 1.54) is 0 Å². The van der Waals surface area contributed by atoms with Crippen molar-refractivity contribution in [2.45, 2.75) is 56.9 Å². The van der Waals surface area contributed by atoms with Crippen LogP contribution in [0.15, 0.2) is 78.9 Å². The summed E-state index contributed by atoms with van der Waals surface area (Å²) in [7, 11) is 1.64. The number of benzene rings is 3. The van der Waals surface area contributed by atoms with Crippen LogP contribution in [0.3, 0.4) is 0 Å². The Morgan fingerprint density at radius 2 is 1.64 bits per heavy atom. The van der Waals surface area contributed by atoms with Gasteiger partial charge in [0.1, 0.15) is 5.75 Å². The molecule has 1 amide bonds. The number of hydrogen-bond donors (Lipinski definition) is 2. The number of amides is 1. The van der Waals surface area contributed by atoms with Gasteiger partial charge in [0.2, 0.25) is 0 Å². The normalized spacial score (nSPS) is 15.8. The molecular formula is C33H40N2O4. The maximum atomic E-state index is 13.3. The van der Waals surface area contributed by atoms with Crippen LogP contribution in [0.5, 0.6) is 5.75 Å². The summed E-state index contributed by atoms with van der Waals surface area (Å²) in [5.74, 6) is 0.00438. The van der Waals surface area contributed by atoms with Crippen LogP contribution < -0.4 is 10.1 Å². The average molecular weight is 529 g/mol. The van der Waals surface area contributed by atoms with Crippen molar-refractivity contribution in [1.82, 2.24) is 10.2 Å². The van der Waals surface area contributed by atoms with Crippen LogP contribution in [-0.2, 0) is 10.2 Å². The second kappa shape index (κ2) is 13.4. The molecule has 39 heavy (non-hydrogen) atoms. The van der Waals surface area contributed by atoms with Gasteiger partial charge in [-0.15, -0.1) is 0 Å². The number of rotatable bonds is 12. The molecular weight excluding hydrogens is 488 g/mol. The third-order valence-corrected chi connectivity index (χ3v) is 8.18. The number of carboxylic acids is 1. The highest BCUT2D eigenvalue weighted by Gasteiger charge is 2.33. The lowest BCUT2D eigenvalue weighted by atomic mass is 9.72. The summed E-state index contributed by atoms with van der Waals surface area (Å²) in [6.07, 6.45) is 4.56. The first-order valence-electron chi connectivity index (χ1n) is 14.0. The van der Waals surface area contributed by atoms with Gasteiger partial charge in [-0.3, -0.25) is 9.59 Å². The fraction of sp³-hybridized carbons (Fsp3) is 0.394. The average Bonchev–Trinajstić information content (AvgIpc) is 2.97. The number of hydrogen-bond acceptors (Lipinski definition) is 4. The van der Waals surface area contributed by atoms with E-state index in [0.717, 1.165) is 74.2 Å². The molecule has 1 aliphatic rings. The minimum atomic E-state index is -0.745. The van der Waals surface area contributed by atoms with Gasteiger partial charge >= 0.3 is 5.97 Å². The highest BCUT2D eigenvalue weighted by atomic mass is 16.5. The molecule has 1 aliphatic heterocycles. The van der Waals surface area contributed by atoms with E-state index in [0.29, 0.717) is 5.56 Å². The number of carbonyl (C=O) groups excluding carboxylic acids is 1. The molecule has 0 bridgehead atoms. The number of nitrogens with zero attached hydrogens (tertiary/aromatic N) is 1. The van der Waals surface area contributed by atoms with E-state index < -0.39 is 5.97 Å². The van der Waals surface area contributed by atoms with Crippen LogP contribution in [-0.4, -0.2) is 54.7 Å². The predicted octanol–water partition coefficient (Wildman–Crippen LogP) is 6.16. The van der Waals surface area contributed by atoms with Gasteiger partial charge in [0.15, 0.2) is 0 Å². The Labute approximate surface area is 232 Å². The van der Waals surface area contributed by atoms with E-state index in [1.54, 1.807) is 7.11 Å². The molecule has 6 heteroatoms. The number of likely N-dealkylation sites (tertiary alicyclic amines) is 1. The van der Waals surface area contributed by atoms with Crippen LogP contribution in [0.25, 0.3) is 11.1 Å². The summed E-state index contributed by atoms with van der Waals surface area (Å²) >= 11 is 0. The van der Waals surface area contributed by atoms with Crippen molar-refractivity contribution in [1.29, 1.82) is 0 Å². The number of ether oxygens (including phenoxy) is 1. The summed E-state index contributed by atoms with van der Waals surface area (Å²) < 4.78 is 5.27. The van der Waals surface area contributed by atoms with E-state index in [4.69, 9.17) is 4.74 Å². The van der Waals surface area contributed by atoms with E-state index in [1.807, 2.05) is 66.7 Å². The number of aliphatic carboxylic acids is 1. The van der Waals surface area contributed by atoms with E-state index >= 15 is 0 Å². The second-order valence-electron chi connectivity index (χ2n) is 10.5. The van der Waals surface area contributed by atoms with E-state index in [9.17, 15) is 14.7 Å². The quantitative estimate of drug-likeness (QED) is 0.294. The first-order valence-corrected chi connectivity index (χ1v) is 14.0. The Bertz CT molecular complexity index is 1220. The molecule has 1 unspecified atom stereocenters. The molecule has 6 nitrogen and oxygen atoms in total. The van der Waals surface area contributed by atoms with Crippen molar-refractivity contribution < 1.29 is 19.4 Å². The molecule has 1 heterocycles. The number of carboxylic acid groups (broad SMARTS) is 1. The van der Waals surface area contributed by atoms with Crippen molar-refractivity contribution in [2.24, 2.45) is 0 Å². The molecule has 0 spiro atoms. The summed E-state index contributed by atoms with van der Waals surface area (Å²) in [4.78, 5) is 27.4.